The molecule has 0 saturated heterocycles. The monoisotopic (exact) mass is 220 g/mol. The van der Waals surface area contributed by atoms with Gasteiger partial charge in [0.2, 0.25) is 0 Å². The van der Waals surface area contributed by atoms with Gasteiger partial charge < -0.3 is 10.6 Å². The van der Waals surface area contributed by atoms with Gasteiger partial charge in [0.05, 0.1) is 5.56 Å². The van der Waals surface area contributed by atoms with E-state index in [1.165, 1.54) is 0 Å². The summed E-state index contributed by atoms with van der Waals surface area (Å²) in [5, 5.41) is 7.60. The van der Waals surface area contributed by atoms with Crippen molar-refractivity contribution in [3.05, 3.63) is 23.4 Å². The predicted octanol–water partition coefficient (Wildman–Crippen LogP) is 1.91. The Hall–Kier alpha value is -1.58. The average molecular weight is 220 g/mol. The van der Waals surface area contributed by atoms with Crippen LogP contribution in [0.3, 0.4) is 0 Å². The quantitative estimate of drug-likeness (QED) is 0.588. The van der Waals surface area contributed by atoms with Crippen molar-refractivity contribution in [1.82, 2.24) is 4.98 Å². The first-order valence-electron chi connectivity index (χ1n) is 5.59. The predicted molar refractivity (Wildman–Crippen MR) is 68.2 cm³/mol. The molecule has 0 aromatic carbocycles. The fourth-order valence-corrected chi connectivity index (χ4v) is 1.67. The van der Waals surface area contributed by atoms with E-state index in [-0.39, 0.29) is 5.84 Å². The first kappa shape index (κ1) is 12.5. The number of unbranched alkanes of at least 4 members (excludes halogenated alkanes) is 1. The van der Waals surface area contributed by atoms with Crippen molar-refractivity contribution in [2.45, 2.75) is 26.7 Å². The number of aromatic nitrogens is 1. The van der Waals surface area contributed by atoms with Gasteiger partial charge in [-0.05, 0) is 25.0 Å². The lowest BCUT2D eigenvalue weighted by Crippen LogP contribution is -2.25. The highest BCUT2D eigenvalue weighted by Crippen LogP contribution is 2.19. The SMILES string of the molecule is CCCCN(C)c1nccc(C)c1C(=N)N. The van der Waals surface area contributed by atoms with Gasteiger partial charge in [-0.2, -0.15) is 0 Å². The third-order valence-corrected chi connectivity index (χ3v) is 2.62. The van der Waals surface area contributed by atoms with Gasteiger partial charge in [0.15, 0.2) is 0 Å². The lowest BCUT2D eigenvalue weighted by atomic mass is 10.1. The molecule has 0 radical (unpaired) electrons. The Morgan fingerprint density at radius 2 is 2.25 bits per heavy atom. The molecular weight excluding hydrogens is 200 g/mol. The van der Waals surface area contributed by atoms with Gasteiger partial charge >= 0.3 is 0 Å². The molecule has 3 N–H and O–H groups in total. The molecule has 0 fully saturated rings. The Morgan fingerprint density at radius 1 is 1.56 bits per heavy atom. The van der Waals surface area contributed by atoms with Crippen molar-refractivity contribution in [3.8, 4) is 0 Å². The van der Waals surface area contributed by atoms with E-state index in [9.17, 15) is 0 Å². The molecule has 4 heteroatoms. The molecule has 0 aliphatic heterocycles. The molecule has 0 amide bonds. The first-order valence-corrected chi connectivity index (χ1v) is 5.59. The number of aryl methyl sites for hydroxylation is 1. The molecule has 1 rings (SSSR count). The number of rotatable bonds is 5. The van der Waals surface area contributed by atoms with Gasteiger partial charge in [-0.3, -0.25) is 5.41 Å². The summed E-state index contributed by atoms with van der Waals surface area (Å²) >= 11 is 0. The maximum Gasteiger partial charge on any atom is 0.139 e. The Bertz CT molecular complexity index is 373. The van der Waals surface area contributed by atoms with Crippen molar-refractivity contribution in [1.29, 1.82) is 5.41 Å². The first-order chi connectivity index (χ1) is 7.57. The zero-order valence-electron chi connectivity index (χ0n) is 10.2. The van der Waals surface area contributed by atoms with Crippen LogP contribution in [-0.4, -0.2) is 24.4 Å². The molecule has 0 spiro atoms. The lowest BCUT2D eigenvalue weighted by molar-refractivity contribution is 0.758. The molecule has 0 aliphatic rings. The van der Waals surface area contributed by atoms with Crippen LogP contribution in [0.4, 0.5) is 5.82 Å². The second-order valence-corrected chi connectivity index (χ2v) is 4.02. The summed E-state index contributed by atoms with van der Waals surface area (Å²) in [5.74, 6) is 0.893. The molecular formula is C12H20N4. The van der Waals surface area contributed by atoms with E-state index in [4.69, 9.17) is 11.1 Å². The van der Waals surface area contributed by atoms with Crippen molar-refractivity contribution in [2.24, 2.45) is 5.73 Å². The number of amidine groups is 1. The Labute approximate surface area is 97.0 Å². The Morgan fingerprint density at radius 3 is 2.81 bits per heavy atom. The van der Waals surface area contributed by atoms with Crippen molar-refractivity contribution >= 4 is 11.7 Å². The van der Waals surface area contributed by atoms with E-state index in [1.807, 2.05) is 20.0 Å². The molecule has 0 aliphatic carbocycles. The molecule has 0 bridgehead atoms. The van der Waals surface area contributed by atoms with Gasteiger partial charge in [-0.1, -0.05) is 13.3 Å². The number of pyridine rings is 1. The van der Waals surface area contributed by atoms with Crippen LogP contribution in [0, 0.1) is 12.3 Å². The number of nitrogens with one attached hydrogen (secondary N) is 1. The fraction of sp³-hybridized carbons (Fsp3) is 0.500. The third kappa shape index (κ3) is 2.72. The Kier molecular flexibility index (Phi) is 4.28. The largest absolute Gasteiger partial charge is 0.384 e. The number of hydrogen-bond acceptors (Lipinski definition) is 3. The average Bonchev–Trinajstić information content (AvgIpc) is 2.24. The van der Waals surface area contributed by atoms with Gasteiger partial charge in [0, 0.05) is 19.8 Å². The minimum absolute atomic E-state index is 0.0870. The van der Waals surface area contributed by atoms with Gasteiger partial charge in [0.1, 0.15) is 11.7 Å². The molecule has 0 saturated carbocycles. The van der Waals surface area contributed by atoms with Crippen LogP contribution < -0.4 is 10.6 Å². The van der Waals surface area contributed by atoms with E-state index in [0.29, 0.717) is 0 Å². The normalized spacial score (nSPS) is 10.2. The maximum atomic E-state index is 7.60. The molecule has 1 heterocycles. The van der Waals surface area contributed by atoms with Crippen LogP contribution in [0.5, 0.6) is 0 Å². The summed E-state index contributed by atoms with van der Waals surface area (Å²) < 4.78 is 0. The second kappa shape index (κ2) is 5.49. The van der Waals surface area contributed by atoms with Crippen LogP contribution in [-0.2, 0) is 0 Å². The lowest BCUT2D eigenvalue weighted by Gasteiger charge is -2.21. The molecule has 1 aromatic rings. The van der Waals surface area contributed by atoms with Crippen LogP contribution >= 0.6 is 0 Å². The second-order valence-electron chi connectivity index (χ2n) is 4.02. The fourth-order valence-electron chi connectivity index (χ4n) is 1.67. The highest BCUT2D eigenvalue weighted by molar-refractivity contribution is 6.00. The van der Waals surface area contributed by atoms with Crippen LogP contribution in [0.2, 0.25) is 0 Å². The topological polar surface area (TPSA) is 66.0 Å². The van der Waals surface area contributed by atoms with Crippen LogP contribution in [0.1, 0.15) is 30.9 Å². The van der Waals surface area contributed by atoms with Gasteiger partial charge in [-0.25, -0.2) is 4.98 Å². The minimum atomic E-state index is 0.0870. The van der Waals surface area contributed by atoms with Crippen molar-refractivity contribution in [2.75, 3.05) is 18.5 Å². The highest BCUT2D eigenvalue weighted by atomic mass is 15.2. The minimum Gasteiger partial charge on any atom is -0.384 e. The highest BCUT2D eigenvalue weighted by Gasteiger charge is 2.13. The summed E-state index contributed by atoms with van der Waals surface area (Å²) in [4.78, 5) is 6.38. The van der Waals surface area contributed by atoms with E-state index in [1.54, 1.807) is 6.20 Å². The summed E-state index contributed by atoms with van der Waals surface area (Å²) in [6, 6.07) is 1.88. The maximum absolute atomic E-state index is 7.60. The molecule has 0 atom stereocenters. The molecule has 1 aromatic heterocycles. The molecule has 88 valence electrons. The summed E-state index contributed by atoms with van der Waals surface area (Å²) in [6.07, 6.45) is 4.02. The standard InChI is InChI=1S/C12H20N4/c1-4-5-8-16(3)12-10(11(13)14)9(2)6-7-15-12/h6-7H,4-5,8H2,1-3H3,(H3,13,14). The summed E-state index contributed by atoms with van der Waals surface area (Å²) in [6.45, 7) is 5.05. The molecule has 0 unspecified atom stereocenters. The summed E-state index contributed by atoms with van der Waals surface area (Å²) in [7, 11) is 1.99. The van der Waals surface area contributed by atoms with E-state index >= 15 is 0 Å². The molecule has 4 nitrogen and oxygen atoms in total. The smallest absolute Gasteiger partial charge is 0.139 e. The summed E-state index contributed by atoms with van der Waals surface area (Å²) in [5.41, 5.74) is 7.35. The number of nitrogen functional groups attached to an aromatic ring is 1. The van der Waals surface area contributed by atoms with Crippen LogP contribution in [0.15, 0.2) is 12.3 Å². The van der Waals surface area contributed by atoms with Gasteiger partial charge in [-0.15, -0.1) is 0 Å². The van der Waals surface area contributed by atoms with Crippen molar-refractivity contribution < 1.29 is 0 Å². The number of anilines is 1. The van der Waals surface area contributed by atoms with Crippen molar-refractivity contribution in [3.63, 3.8) is 0 Å². The van der Waals surface area contributed by atoms with Gasteiger partial charge in [0.25, 0.3) is 0 Å². The number of nitrogens with two attached hydrogens (primary N) is 1. The zero-order chi connectivity index (χ0) is 12.1. The zero-order valence-corrected chi connectivity index (χ0v) is 10.2. The van der Waals surface area contributed by atoms with E-state index < -0.39 is 0 Å². The number of hydrogen-bond donors (Lipinski definition) is 2. The van der Waals surface area contributed by atoms with Crippen LogP contribution in [0.25, 0.3) is 0 Å². The third-order valence-electron chi connectivity index (χ3n) is 2.62. The van der Waals surface area contributed by atoms with E-state index in [0.717, 1.165) is 36.3 Å². The number of nitrogens with zero attached hydrogens (tertiary/aromatic N) is 2. The molecule has 16 heavy (non-hydrogen) atoms. The Balaban J connectivity index is 3.02. The van der Waals surface area contributed by atoms with E-state index in [2.05, 4.69) is 16.8 Å².